The molecule has 0 aliphatic heterocycles. The van der Waals surface area contributed by atoms with Gasteiger partial charge in [-0.2, -0.15) is 0 Å². The number of amides is 1. The number of anilines is 1. The second kappa shape index (κ2) is 10.1. The largest absolute Gasteiger partial charge is 0.356 e. The van der Waals surface area contributed by atoms with Crippen molar-refractivity contribution in [3.05, 3.63) is 64.1 Å². The van der Waals surface area contributed by atoms with Gasteiger partial charge in [0.15, 0.2) is 0 Å². The topological polar surface area (TPSA) is 66.5 Å². The number of sulfonamides is 1. The maximum Gasteiger partial charge on any atom is 0.232 e. The van der Waals surface area contributed by atoms with Crippen LogP contribution in [0.15, 0.2) is 48.5 Å². The second-order valence-corrected chi connectivity index (χ2v) is 9.40. The Bertz CT molecular complexity index is 905. The lowest BCUT2D eigenvalue weighted by molar-refractivity contribution is -0.121. The highest BCUT2D eigenvalue weighted by Crippen LogP contribution is 2.30. The van der Waals surface area contributed by atoms with E-state index in [0.29, 0.717) is 23.7 Å². The van der Waals surface area contributed by atoms with E-state index in [-0.39, 0.29) is 29.8 Å². The molecule has 0 heterocycles. The van der Waals surface area contributed by atoms with Gasteiger partial charge in [0.25, 0.3) is 0 Å². The van der Waals surface area contributed by atoms with Crippen LogP contribution in [-0.2, 0) is 14.8 Å². The van der Waals surface area contributed by atoms with Crippen LogP contribution in [0.1, 0.15) is 31.2 Å². The first-order valence-electron chi connectivity index (χ1n) is 8.93. The summed E-state index contributed by atoms with van der Waals surface area (Å²) in [6.07, 6.45) is 1.70. The van der Waals surface area contributed by atoms with Gasteiger partial charge >= 0.3 is 0 Å². The SMILES string of the molecule is C[C@H](CNC(=O)CCCN(c1ccc(Cl)cc1Cl)S(C)(=O)=O)c1ccccc1. The Morgan fingerprint density at radius 3 is 2.43 bits per heavy atom. The highest BCUT2D eigenvalue weighted by atomic mass is 35.5. The monoisotopic (exact) mass is 442 g/mol. The number of carbonyl (C=O) groups excluding carboxylic acids is 1. The number of hydrogen-bond acceptors (Lipinski definition) is 3. The van der Waals surface area contributed by atoms with Gasteiger partial charge in [0, 0.05) is 24.5 Å². The summed E-state index contributed by atoms with van der Waals surface area (Å²) in [5.74, 6) is 0.0870. The van der Waals surface area contributed by atoms with E-state index >= 15 is 0 Å². The summed E-state index contributed by atoms with van der Waals surface area (Å²) in [5, 5.41) is 3.58. The maximum atomic E-state index is 12.2. The van der Waals surface area contributed by atoms with E-state index in [1.54, 1.807) is 12.1 Å². The van der Waals surface area contributed by atoms with Gasteiger partial charge in [-0.05, 0) is 36.1 Å². The van der Waals surface area contributed by atoms with E-state index in [1.165, 1.54) is 10.4 Å². The van der Waals surface area contributed by atoms with E-state index in [2.05, 4.69) is 5.32 Å². The third kappa shape index (κ3) is 6.69. The zero-order valence-corrected chi connectivity index (χ0v) is 18.2. The summed E-state index contributed by atoms with van der Waals surface area (Å²) in [4.78, 5) is 12.1. The van der Waals surface area contributed by atoms with Crippen LogP contribution in [0.5, 0.6) is 0 Å². The van der Waals surface area contributed by atoms with Crippen molar-refractivity contribution in [3.8, 4) is 0 Å². The molecule has 1 amide bonds. The van der Waals surface area contributed by atoms with Gasteiger partial charge in [-0.1, -0.05) is 60.5 Å². The normalized spacial score (nSPS) is 12.4. The second-order valence-electron chi connectivity index (χ2n) is 6.65. The summed E-state index contributed by atoms with van der Waals surface area (Å²) < 4.78 is 25.5. The van der Waals surface area contributed by atoms with Crippen molar-refractivity contribution in [1.82, 2.24) is 5.32 Å². The quantitative estimate of drug-likeness (QED) is 0.623. The number of benzene rings is 2. The van der Waals surface area contributed by atoms with E-state index < -0.39 is 10.0 Å². The van der Waals surface area contributed by atoms with Crippen LogP contribution in [-0.4, -0.2) is 33.7 Å². The Hall–Kier alpha value is -1.76. The first-order valence-corrected chi connectivity index (χ1v) is 11.5. The highest BCUT2D eigenvalue weighted by molar-refractivity contribution is 7.92. The van der Waals surface area contributed by atoms with Crippen LogP contribution < -0.4 is 9.62 Å². The fourth-order valence-corrected chi connectivity index (χ4v) is 4.32. The Morgan fingerprint density at radius 2 is 1.82 bits per heavy atom. The molecule has 0 fully saturated rings. The number of nitrogens with one attached hydrogen (secondary N) is 1. The minimum absolute atomic E-state index is 0.113. The average molecular weight is 443 g/mol. The molecule has 0 aliphatic carbocycles. The molecule has 2 rings (SSSR count). The molecule has 0 saturated carbocycles. The molecule has 0 radical (unpaired) electrons. The van der Waals surface area contributed by atoms with Crippen LogP contribution in [0.3, 0.4) is 0 Å². The lowest BCUT2D eigenvalue weighted by Crippen LogP contribution is -2.33. The number of carbonyl (C=O) groups is 1. The Morgan fingerprint density at radius 1 is 1.14 bits per heavy atom. The zero-order valence-electron chi connectivity index (χ0n) is 15.9. The van der Waals surface area contributed by atoms with Crippen LogP contribution in [0, 0.1) is 0 Å². The van der Waals surface area contributed by atoms with Crippen LogP contribution in [0.2, 0.25) is 10.0 Å². The Balaban J connectivity index is 1.89. The molecular weight excluding hydrogens is 419 g/mol. The molecule has 2 aromatic carbocycles. The summed E-state index contributed by atoms with van der Waals surface area (Å²) >= 11 is 12.0. The van der Waals surface area contributed by atoms with Crippen LogP contribution in [0.25, 0.3) is 0 Å². The molecule has 0 bridgehead atoms. The third-order valence-corrected chi connectivity index (χ3v) is 6.04. The summed E-state index contributed by atoms with van der Waals surface area (Å²) in [7, 11) is -3.54. The molecule has 28 heavy (non-hydrogen) atoms. The van der Waals surface area contributed by atoms with Crippen molar-refractivity contribution < 1.29 is 13.2 Å². The maximum absolute atomic E-state index is 12.2. The minimum Gasteiger partial charge on any atom is -0.356 e. The van der Waals surface area contributed by atoms with Gasteiger partial charge in [0.1, 0.15) is 0 Å². The molecule has 0 saturated heterocycles. The van der Waals surface area contributed by atoms with Gasteiger partial charge in [-0.15, -0.1) is 0 Å². The van der Waals surface area contributed by atoms with Gasteiger partial charge in [-0.25, -0.2) is 8.42 Å². The lowest BCUT2D eigenvalue weighted by atomic mass is 10.0. The molecule has 1 N–H and O–H groups in total. The number of hydrogen-bond donors (Lipinski definition) is 1. The van der Waals surface area contributed by atoms with Crippen molar-refractivity contribution in [3.63, 3.8) is 0 Å². The van der Waals surface area contributed by atoms with Crippen molar-refractivity contribution >= 4 is 44.8 Å². The third-order valence-electron chi connectivity index (χ3n) is 4.32. The smallest absolute Gasteiger partial charge is 0.232 e. The van der Waals surface area contributed by atoms with Crippen LogP contribution in [0.4, 0.5) is 5.69 Å². The minimum atomic E-state index is -3.54. The fraction of sp³-hybridized carbons (Fsp3) is 0.350. The van der Waals surface area contributed by atoms with E-state index in [0.717, 1.165) is 11.8 Å². The zero-order chi connectivity index (χ0) is 20.7. The first-order chi connectivity index (χ1) is 13.2. The molecule has 0 unspecified atom stereocenters. The summed E-state index contributed by atoms with van der Waals surface area (Å²) in [5.41, 5.74) is 1.51. The Labute approximate surface area is 176 Å². The summed E-state index contributed by atoms with van der Waals surface area (Å²) in [6, 6.07) is 14.6. The number of rotatable bonds is 9. The summed E-state index contributed by atoms with van der Waals surface area (Å²) in [6.45, 7) is 2.73. The molecule has 2 aromatic rings. The predicted molar refractivity (Wildman–Crippen MR) is 116 cm³/mol. The predicted octanol–water partition coefficient (Wildman–Crippen LogP) is 4.46. The first kappa shape index (κ1) is 22.5. The molecule has 0 aliphatic rings. The van der Waals surface area contributed by atoms with E-state index in [4.69, 9.17) is 23.2 Å². The molecule has 5 nitrogen and oxygen atoms in total. The van der Waals surface area contributed by atoms with Crippen LogP contribution >= 0.6 is 23.2 Å². The van der Waals surface area contributed by atoms with Crippen molar-refractivity contribution in [2.24, 2.45) is 0 Å². The van der Waals surface area contributed by atoms with Crippen molar-refractivity contribution in [2.75, 3.05) is 23.7 Å². The molecule has 8 heteroatoms. The van der Waals surface area contributed by atoms with Gasteiger partial charge < -0.3 is 5.32 Å². The van der Waals surface area contributed by atoms with E-state index in [1.807, 2.05) is 37.3 Å². The van der Waals surface area contributed by atoms with Gasteiger partial charge in [0.05, 0.1) is 17.0 Å². The number of halogens is 2. The van der Waals surface area contributed by atoms with E-state index in [9.17, 15) is 13.2 Å². The fourth-order valence-electron chi connectivity index (χ4n) is 2.79. The molecule has 0 aromatic heterocycles. The lowest BCUT2D eigenvalue weighted by Gasteiger charge is -2.23. The Kier molecular flexibility index (Phi) is 8.16. The van der Waals surface area contributed by atoms with Crippen molar-refractivity contribution in [1.29, 1.82) is 0 Å². The molecule has 1 atom stereocenters. The standard InChI is InChI=1S/C20H24Cl2N2O3S/c1-15(16-7-4-3-5-8-16)14-23-20(25)9-6-12-24(28(2,26)27)19-11-10-17(21)13-18(19)22/h3-5,7-8,10-11,13,15H,6,9,12,14H2,1-2H3,(H,23,25)/t15-/m1/s1. The van der Waals surface area contributed by atoms with Gasteiger partial charge in [-0.3, -0.25) is 9.10 Å². The average Bonchev–Trinajstić information content (AvgIpc) is 2.64. The molecule has 152 valence electrons. The molecule has 0 spiro atoms. The van der Waals surface area contributed by atoms with Gasteiger partial charge in [0.2, 0.25) is 15.9 Å². The number of nitrogens with zero attached hydrogens (tertiary/aromatic N) is 1. The molecular formula is C20H24Cl2N2O3S. The van der Waals surface area contributed by atoms with Crippen molar-refractivity contribution in [2.45, 2.75) is 25.7 Å². The highest BCUT2D eigenvalue weighted by Gasteiger charge is 2.20.